The molecule has 1 aromatic rings. The lowest BCUT2D eigenvalue weighted by Crippen LogP contribution is -2.30. The van der Waals surface area contributed by atoms with E-state index in [4.69, 9.17) is 33.0 Å². The van der Waals surface area contributed by atoms with Gasteiger partial charge in [0.05, 0.1) is 0 Å². The average molecular weight is 306 g/mol. The second-order valence-corrected chi connectivity index (χ2v) is 4.79. The SMILES string of the molecule is CN(Cc1cc(Cl)cc(Cl)c1)C(=O)COCC(=O)O. The lowest BCUT2D eigenvalue weighted by Gasteiger charge is -2.17. The van der Waals surface area contributed by atoms with Crippen molar-refractivity contribution >= 4 is 35.1 Å². The van der Waals surface area contributed by atoms with Crippen LogP contribution in [0.25, 0.3) is 0 Å². The fraction of sp³-hybridized carbons (Fsp3) is 0.333. The van der Waals surface area contributed by atoms with E-state index in [0.717, 1.165) is 5.56 Å². The molecule has 0 heterocycles. The first kappa shape index (κ1) is 15.8. The summed E-state index contributed by atoms with van der Waals surface area (Å²) < 4.78 is 4.72. The summed E-state index contributed by atoms with van der Waals surface area (Å²) >= 11 is 11.7. The third kappa shape index (κ3) is 5.92. The number of rotatable bonds is 6. The largest absolute Gasteiger partial charge is 0.480 e. The third-order valence-corrected chi connectivity index (χ3v) is 2.66. The number of carbonyl (C=O) groups is 2. The Kier molecular flexibility index (Phi) is 6.08. The molecule has 7 heteroatoms. The van der Waals surface area contributed by atoms with Crippen LogP contribution in [0.1, 0.15) is 5.56 Å². The number of nitrogens with zero attached hydrogens (tertiary/aromatic N) is 1. The first-order valence-corrected chi connectivity index (χ1v) is 6.12. The van der Waals surface area contributed by atoms with E-state index in [2.05, 4.69) is 0 Å². The number of benzene rings is 1. The van der Waals surface area contributed by atoms with Crippen molar-refractivity contribution in [3.63, 3.8) is 0 Å². The van der Waals surface area contributed by atoms with Crippen molar-refractivity contribution in [1.29, 1.82) is 0 Å². The first-order valence-electron chi connectivity index (χ1n) is 5.37. The normalized spacial score (nSPS) is 10.3. The fourth-order valence-electron chi connectivity index (χ4n) is 1.40. The number of hydrogen-bond acceptors (Lipinski definition) is 3. The van der Waals surface area contributed by atoms with Gasteiger partial charge in [-0.05, 0) is 23.8 Å². The maximum atomic E-state index is 11.6. The standard InChI is InChI=1S/C12H13Cl2NO4/c1-15(11(16)6-19-7-12(17)18)5-8-2-9(13)4-10(14)3-8/h2-4H,5-7H2,1H3,(H,17,18). The van der Waals surface area contributed by atoms with E-state index in [1.165, 1.54) is 4.90 Å². The molecular formula is C12H13Cl2NO4. The molecular weight excluding hydrogens is 293 g/mol. The highest BCUT2D eigenvalue weighted by atomic mass is 35.5. The van der Waals surface area contributed by atoms with Gasteiger partial charge in [-0.2, -0.15) is 0 Å². The van der Waals surface area contributed by atoms with E-state index in [9.17, 15) is 9.59 Å². The van der Waals surface area contributed by atoms with Crippen LogP contribution in [0, 0.1) is 0 Å². The smallest absolute Gasteiger partial charge is 0.329 e. The predicted octanol–water partition coefficient (Wildman–Crippen LogP) is 2.05. The Morgan fingerprint density at radius 1 is 1.21 bits per heavy atom. The molecule has 0 atom stereocenters. The summed E-state index contributed by atoms with van der Waals surface area (Å²) in [4.78, 5) is 23.3. The molecule has 1 aromatic carbocycles. The lowest BCUT2D eigenvalue weighted by atomic mass is 10.2. The van der Waals surface area contributed by atoms with Crippen molar-refractivity contribution < 1.29 is 19.4 Å². The summed E-state index contributed by atoms with van der Waals surface area (Å²) in [5.74, 6) is -1.44. The van der Waals surface area contributed by atoms with Crippen LogP contribution in [0.15, 0.2) is 18.2 Å². The number of halogens is 2. The van der Waals surface area contributed by atoms with Crippen LogP contribution in [-0.2, 0) is 20.9 Å². The highest BCUT2D eigenvalue weighted by Crippen LogP contribution is 2.19. The summed E-state index contributed by atoms with van der Waals surface area (Å²) in [5.41, 5.74) is 0.784. The van der Waals surface area contributed by atoms with Crippen molar-refractivity contribution in [3.8, 4) is 0 Å². The van der Waals surface area contributed by atoms with E-state index >= 15 is 0 Å². The molecule has 0 saturated heterocycles. The Bertz CT molecular complexity index is 459. The molecule has 0 fully saturated rings. The second-order valence-electron chi connectivity index (χ2n) is 3.91. The van der Waals surface area contributed by atoms with E-state index < -0.39 is 12.6 Å². The first-order chi connectivity index (χ1) is 8.88. The van der Waals surface area contributed by atoms with Gasteiger partial charge in [-0.25, -0.2) is 4.79 Å². The zero-order chi connectivity index (χ0) is 14.4. The van der Waals surface area contributed by atoms with E-state index in [1.54, 1.807) is 25.2 Å². The second kappa shape index (κ2) is 7.33. The number of likely N-dealkylation sites (N-methyl/N-ethyl adjacent to an activating group) is 1. The number of ether oxygens (including phenoxy) is 1. The van der Waals surface area contributed by atoms with Gasteiger partial charge in [0.25, 0.3) is 0 Å². The summed E-state index contributed by atoms with van der Waals surface area (Å²) in [6.07, 6.45) is 0. The van der Waals surface area contributed by atoms with Crippen LogP contribution in [0.2, 0.25) is 10.0 Å². The Morgan fingerprint density at radius 3 is 2.32 bits per heavy atom. The van der Waals surface area contributed by atoms with Crippen LogP contribution in [0.3, 0.4) is 0 Å². The zero-order valence-corrected chi connectivity index (χ0v) is 11.7. The van der Waals surface area contributed by atoms with Gasteiger partial charge >= 0.3 is 5.97 Å². The number of carboxylic acid groups (broad SMARTS) is 1. The maximum Gasteiger partial charge on any atom is 0.329 e. The van der Waals surface area contributed by atoms with E-state index in [1.807, 2.05) is 0 Å². The van der Waals surface area contributed by atoms with Crippen LogP contribution in [-0.4, -0.2) is 42.1 Å². The van der Waals surface area contributed by atoms with Crippen molar-refractivity contribution in [2.24, 2.45) is 0 Å². The van der Waals surface area contributed by atoms with Gasteiger partial charge in [-0.1, -0.05) is 23.2 Å². The lowest BCUT2D eigenvalue weighted by molar-refractivity contribution is -0.145. The summed E-state index contributed by atoms with van der Waals surface area (Å²) in [6, 6.07) is 5.01. The van der Waals surface area contributed by atoms with Crippen LogP contribution < -0.4 is 0 Å². The minimum atomic E-state index is -1.11. The number of amides is 1. The quantitative estimate of drug-likeness (QED) is 0.873. The van der Waals surface area contributed by atoms with Crippen molar-refractivity contribution in [2.75, 3.05) is 20.3 Å². The maximum absolute atomic E-state index is 11.6. The minimum Gasteiger partial charge on any atom is -0.480 e. The van der Waals surface area contributed by atoms with Gasteiger partial charge in [0.2, 0.25) is 5.91 Å². The molecule has 0 radical (unpaired) electrons. The molecule has 1 amide bonds. The molecule has 0 unspecified atom stereocenters. The molecule has 0 aliphatic rings. The average Bonchev–Trinajstić information content (AvgIpc) is 2.26. The number of carbonyl (C=O) groups excluding carboxylic acids is 1. The van der Waals surface area contributed by atoms with E-state index in [0.29, 0.717) is 16.6 Å². The Labute approximate surface area is 120 Å². The van der Waals surface area contributed by atoms with Gasteiger partial charge in [-0.3, -0.25) is 4.79 Å². The molecule has 104 valence electrons. The highest BCUT2D eigenvalue weighted by molar-refractivity contribution is 6.34. The Balaban J connectivity index is 2.51. The van der Waals surface area contributed by atoms with Gasteiger partial charge in [0, 0.05) is 23.6 Å². The van der Waals surface area contributed by atoms with Crippen LogP contribution >= 0.6 is 23.2 Å². The molecule has 0 aliphatic carbocycles. The Morgan fingerprint density at radius 2 is 1.79 bits per heavy atom. The molecule has 19 heavy (non-hydrogen) atoms. The number of aliphatic carboxylic acids is 1. The summed E-state index contributed by atoms with van der Waals surface area (Å²) in [7, 11) is 1.58. The molecule has 0 bridgehead atoms. The molecule has 1 N–H and O–H groups in total. The van der Waals surface area contributed by atoms with Gasteiger partial charge in [0.1, 0.15) is 13.2 Å². The third-order valence-electron chi connectivity index (χ3n) is 2.22. The predicted molar refractivity (Wildman–Crippen MR) is 71.4 cm³/mol. The highest BCUT2D eigenvalue weighted by Gasteiger charge is 2.11. The molecule has 0 spiro atoms. The topological polar surface area (TPSA) is 66.8 Å². The zero-order valence-electron chi connectivity index (χ0n) is 10.2. The van der Waals surface area contributed by atoms with E-state index in [-0.39, 0.29) is 12.5 Å². The van der Waals surface area contributed by atoms with Gasteiger partial charge < -0.3 is 14.7 Å². The monoisotopic (exact) mass is 305 g/mol. The number of hydrogen-bond donors (Lipinski definition) is 1. The van der Waals surface area contributed by atoms with Crippen LogP contribution in [0.4, 0.5) is 0 Å². The molecule has 0 aromatic heterocycles. The molecule has 1 rings (SSSR count). The Hall–Kier alpha value is -1.30. The van der Waals surface area contributed by atoms with Crippen LogP contribution in [0.5, 0.6) is 0 Å². The summed E-state index contributed by atoms with van der Waals surface area (Å²) in [6.45, 7) is -0.463. The van der Waals surface area contributed by atoms with Gasteiger partial charge in [0.15, 0.2) is 0 Å². The fourth-order valence-corrected chi connectivity index (χ4v) is 1.97. The van der Waals surface area contributed by atoms with Crippen molar-refractivity contribution in [2.45, 2.75) is 6.54 Å². The van der Waals surface area contributed by atoms with Gasteiger partial charge in [-0.15, -0.1) is 0 Å². The van der Waals surface area contributed by atoms with Crippen molar-refractivity contribution in [1.82, 2.24) is 4.90 Å². The molecule has 0 saturated carbocycles. The number of carboxylic acids is 1. The minimum absolute atomic E-state index is 0.281. The summed E-state index contributed by atoms with van der Waals surface area (Å²) in [5, 5.41) is 9.36. The molecule has 0 aliphatic heterocycles. The van der Waals surface area contributed by atoms with Crippen molar-refractivity contribution in [3.05, 3.63) is 33.8 Å². The molecule has 5 nitrogen and oxygen atoms in total.